The SMILES string of the molecule is C[CH]c1ccc(C(C)(C)CC)c(C(C)(C)CC)c1. The topological polar surface area (TPSA) is 0 Å². The summed E-state index contributed by atoms with van der Waals surface area (Å²) in [5, 5.41) is 0. The summed E-state index contributed by atoms with van der Waals surface area (Å²) in [6.07, 6.45) is 4.54. The van der Waals surface area contributed by atoms with Crippen molar-refractivity contribution in [1.29, 1.82) is 0 Å². The van der Waals surface area contributed by atoms with Gasteiger partial charge in [0.1, 0.15) is 0 Å². The Morgan fingerprint density at radius 2 is 1.39 bits per heavy atom. The van der Waals surface area contributed by atoms with Gasteiger partial charge in [-0.05, 0) is 46.8 Å². The number of rotatable bonds is 5. The van der Waals surface area contributed by atoms with Gasteiger partial charge in [0.25, 0.3) is 0 Å². The first-order valence-corrected chi connectivity index (χ1v) is 7.23. The molecule has 0 unspecified atom stereocenters. The lowest BCUT2D eigenvalue weighted by Crippen LogP contribution is -2.25. The van der Waals surface area contributed by atoms with Crippen molar-refractivity contribution in [2.45, 2.75) is 72.1 Å². The van der Waals surface area contributed by atoms with Gasteiger partial charge in [-0.2, -0.15) is 0 Å². The highest BCUT2D eigenvalue weighted by atomic mass is 14.3. The van der Waals surface area contributed by atoms with Crippen molar-refractivity contribution in [2.24, 2.45) is 0 Å². The van der Waals surface area contributed by atoms with Crippen LogP contribution in [0.2, 0.25) is 0 Å². The standard InChI is InChI=1S/C18H29/c1-8-14-11-12-15(17(4,5)9-2)16(13-14)18(6,7)10-3/h8,11-13H,9-10H2,1-7H3. The molecule has 0 spiro atoms. The van der Waals surface area contributed by atoms with Gasteiger partial charge in [-0.15, -0.1) is 0 Å². The Bertz CT molecular complexity index is 396. The molecule has 0 heteroatoms. The third-order valence-electron chi connectivity index (χ3n) is 4.60. The number of hydrogen-bond acceptors (Lipinski definition) is 0. The Labute approximate surface area is 114 Å². The van der Waals surface area contributed by atoms with Crippen molar-refractivity contribution in [3.8, 4) is 0 Å². The molecule has 0 heterocycles. The van der Waals surface area contributed by atoms with E-state index in [1.54, 1.807) is 0 Å². The first kappa shape index (κ1) is 15.3. The van der Waals surface area contributed by atoms with E-state index in [1.807, 2.05) is 0 Å². The Kier molecular flexibility index (Phi) is 4.64. The van der Waals surface area contributed by atoms with Crippen LogP contribution >= 0.6 is 0 Å². The molecule has 0 bridgehead atoms. The fourth-order valence-corrected chi connectivity index (χ4v) is 2.27. The first-order valence-electron chi connectivity index (χ1n) is 7.23. The Balaban J connectivity index is 3.43. The highest BCUT2D eigenvalue weighted by molar-refractivity contribution is 5.43. The van der Waals surface area contributed by atoms with Crippen LogP contribution < -0.4 is 0 Å². The molecule has 0 saturated carbocycles. The van der Waals surface area contributed by atoms with Gasteiger partial charge in [0.05, 0.1) is 0 Å². The van der Waals surface area contributed by atoms with Gasteiger partial charge in [-0.3, -0.25) is 0 Å². The van der Waals surface area contributed by atoms with Crippen LogP contribution in [0.5, 0.6) is 0 Å². The summed E-state index contributed by atoms with van der Waals surface area (Å²) in [4.78, 5) is 0. The summed E-state index contributed by atoms with van der Waals surface area (Å²) in [6.45, 7) is 16.1. The molecule has 0 amide bonds. The molecule has 0 aliphatic carbocycles. The fourth-order valence-electron chi connectivity index (χ4n) is 2.27. The molecule has 0 atom stereocenters. The molecule has 0 N–H and O–H groups in total. The third kappa shape index (κ3) is 2.96. The summed E-state index contributed by atoms with van der Waals surface area (Å²) < 4.78 is 0. The Morgan fingerprint density at radius 3 is 1.83 bits per heavy atom. The van der Waals surface area contributed by atoms with Gasteiger partial charge < -0.3 is 0 Å². The molecule has 1 aromatic carbocycles. The molecule has 0 fully saturated rings. The fraction of sp³-hybridized carbons (Fsp3) is 0.611. The number of hydrogen-bond donors (Lipinski definition) is 0. The van der Waals surface area contributed by atoms with Crippen LogP contribution in [0.15, 0.2) is 18.2 Å². The predicted octanol–water partition coefficient (Wildman–Crippen LogP) is 5.63. The Hall–Kier alpha value is -0.780. The quantitative estimate of drug-likeness (QED) is 0.630. The van der Waals surface area contributed by atoms with Crippen LogP contribution in [0.3, 0.4) is 0 Å². The molecule has 1 aromatic rings. The average molecular weight is 245 g/mol. The van der Waals surface area contributed by atoms with Crippen molar-refractivity contribution < 1.29 is 0 Å². The van der Waals surface area contributed by atoms with Crippen LogP contribution in [0, 0.1) is 6.42 Å². The van der Waals surface area contributed by atoms with Gasteiger partial charge >= 0.3 is 0 Å². The van der Waals surface area contributed by atoms with Gasteiger partial charge in [-0.25, -0.2) is 0 Å². The third-order valence-corrected chi connectivity index (χ3v) is 4.60. The van der Waals surface area contributed by atoms with E-state index in [-0.39, 0.29) is 10.8 Å². The maximum absolute atomic E-state index is 2.39. The molecule has 0 saturated heterocycles. The van der Waals surface area contributed by atoms with Crippen molar-refractivity contribution in [2.75, 3.05) is 0 Å². The van der Waals surface area contributed by atoms with E-state index < -0.39 is 0 Å². The highest BCUT2D eigenvalue weighted by Crippen LogP contribution is 2.38. The van der Waals surface area contributed by atoms with E-state index in [1.165, 1.54) is 29.5 Å². The van der Waals surface area contributed by atoms with Crippen LogP contribution in [0.1, 0.15) is 78.0 Å². The molecule has 0 nitrogen and oxygen atoms in total. The average Bonchev–Trinajstić information content (AvgIpc) is 2.37. The molecular formula is C18H29. The second-order valence-electron chi connectivity index (χ2n) is 6.57. The summed E-state index contributed by atoms with van der Waals surface area (Å²) in [5.74, 6) is 0. The lowest BCUT2D eigenvalue weighted by molar-refractivity contribution is 0.455. The zero-order valence-corrected chi connectivity index (χ0v) is 13.2. The smallest absolute Gasteiger partial charge is 0.0103 e. The lowest BCUT2D eigenvalue weighted by Gasteiger charge is -2.34. The molecule has 0 aliphatic rings. The predicted molar refractivity (Wildman–Crippen MR) is 82.2 cm³/mol. The van der Waals surface area contributed by atoms with E-state index in [9.17, 15) is 0 Å². The summed E-state index contributed by atoms with van der Waals surface area (Å²) in [5.41, 5.74) is 4.88. The van der Waals surface area contributed by atoms with Crippen LogP contribution in [-0.4, -0.2) is 0 Å². The van der Waals surface area contributed by atoms with Crippen molar-refractivity contribution >= 4 is 0 Å². The van der Waals surface area contributed by atoms with Gasteiger partial charge in [0, 0.05) is 0 Å². The summed E-state index contributed by atoms with van der Waals surface area (Å²) in [6, 6.07) is 6.98. The summed E-state index contributed by atoms with van der Waals surface area (Å²) in [7, 11) is 0. The largest absolute Gasteiger partial charge is 0.0646 e. The van der Waals surface area contributed by atoms with Gasteiger partial charge in [0.15, 0.2) is 0 Å². The minimum absolute atomic E-state index is 0.251. The zero-order chi connectivity index (χ0) is 14.0. The van der Waals surface area contributed by atoms with E-state index in [0.29, 0.717) is 0 Å². The second kappa shape index (κ2) is 5.47. The molecule has 101 valence electrons. The van der Waals surface area contributed by atoms with Crippen LogP contribution in [0.25, 0.3) is 0 Å². The van der Waals surface area contributed by atoms with Crippen LogP contribution in [0.4, 0.5) is 0 Å². The monoisotopic (exact) mass is 245 g/mol. The minimum atomic E-state index is 0.251. The van der Waals surface area contributed by atoms with Gasteiger partial charge in [0.2, 0.25) is 0 Å². The van der Waals surface area contributed by atoms with E-state index in [0.717, 1.165) is 0 Å². The van der Waals surface area contributed by atoms with E-state index in [2.05, 4.69) is 73.1 Å². The Morgan fingerprint density at radius 1 is 0.889 bits per heavy atom. The molecule has 1 radical (unpaired) electrons. The minimum Gasteiger partial charge on any atom is -0.0646 e. The first-order chi connectivity index (χ1) is 8.28. The molecule has 1 rings (SSSR count). The highest BCUT2D eigenvalue weighted by Gasteiger charge is 2.28. The zero-order valence-electron chi connectivity index (χ0n) is 13.2. The van der Waals surface area contributed by atoms with Crippen molar-refractivity contribution in [3.05, 3.63) is 41.3 Å². The maximum atomic E-state index is 2.39. The summed E-state index contributed by atoms with van der Waals surface area (Å²) >= 11 is 0. The molecule has 0 aliphatic heterocycles. The van der Waals surface area contributed by atoms with Crippen LogP contribution in [-0.2, 0) is 10.8 Å². The van der Waals surface area contributed by atoms with Crippen molar-refractivity contribution in [3.63, 3.8) is 0 Å². The normalized spacial score (nSPS) is 12.8. The molecule has 0 aromatic heterocycles. The second-order valence-corrected chi connectivity index (χ2v) is 6.57. The number of benzene rings is 1. The van der Waals surface area contributed by atoms with Gasteiger partial charge in [-0.1, -0.05) is 66.7 Å². The van der Waals surface area contributed by atoms with Crippen molar-refractivity contribution in [1.82, 2.24) is 0 Å². The molecule has 18 heavy (non-hydrogen) atoms. The maximum Gasteiger partial charge on any atom is -0.0103 e. The lowest BCUT2D eigenvalue weighted by atomic mass is 9.71. The van der Waals surface area contributed by atoms with E-state index in [4.69, 9.17) is 0 Å². The molecular weight excluding hydrogens is 216 g/mol. The van der Waals surface area contributed by atoms with E-state index >= 15 is 0 Å².